The third-order valence-corrected chi connectivity index (χ3v) is 3.52. The Morgan fingerprint density at radius 2 is 2.17 bits per heavy atom. The number of hydrogen-bond acceptors (Lipinski definition) is 3. The summed E-state index contributed by atoms with van der Waals surface area (Å²) in [6, 6.07) is 11.7. The first-order valence-corrected chi connectivity index (χ1v) is 6.52. The minimum Gasteiger partial charge on any atom is -0.477 e. The van der Waals surface area contributed by atoms with Gasteiger partial charge in [0.25, 0.3) is 0 Å². The highest BCUT2D eigenvalue weighted by Crippen LogP contribution is 2.24. The van der Waals surface area contributed by atoms with Gasteiger partial charge in [0, 0.05) is 16.8 Å². The third kappa shape index (κ3) is 3.11. The maximum atomic E-state index is 11.0. The fraction of sp³-hybridized carbons (Fsp3) is 0.143. The standard InChI is InChI=1S/C14H13NO2S/c1-10-4-2-6-12(8-10)18-9-11-5-3-7-15-13(11)14(16)17/h2-8H,9H2,1H3,(H,16,17). The van der Waals surface area contributed by atoms with Gasteiger partial charge in [0.15, 0.2) is 5.69 Å². The minimum absolute atomic E-state index is 0.137. The monoisotopic (exact) mass is 259 g/mol. The molecule has 0 atom stereocenters. The van der Waals surface area contributed by atoms with Crippen molar-refractivity contribution in [2.45, 2.75) is 17.6 Å². The van der Waals surface area contributed by atoms with Crippen molar-refractivity contribution < 1.29 is 9.90 Å². The Morgan fingerprint density at radius 3 is 2.89 bits per heavy atom. The zero-order valence-corrected chi connectivity index (χ0v) is 10.8. The lowest BCUT2D eigenvalue weighted by molar-refractivity contribution is 0.0689. The van der Waals surface area contributed by atoms with Crippen molar-refractivity contribution in [1.82, 2.24) is 4.98 Å². The van der Waals surface area contributed by atoms with Gasteiger partial charge in [-0.2, -0.15) is 0 Å². The summed E-state index contributed by atoms with van der Waals surface area (Å²) < 4.78 is 0. The molecule has 0 unspecified atom stereocenters. The Bertz CT molecular complexity index is 569. The molecule has 18 heavy (non-hydrogen) atoms. The second-order valence-corrected chi connectivity index (χ2v) is 4.97. The molecule has 0 aliphatic carbocycles. The average molecular weight is 259 g/mol. The summed E-state index contributed by atoms with van der Waals surface area (Å²) in [7, 11) is 0. The van der Waals surface area contributed by atoms with Crippen LogP contribution in [0.2, 0.25) is 0 Å². The molecule has 0 saturated heterocycles. The van der Waals surface area contributed by atoms with E-state index < -0.39 is 5.97 Å². The Labute approximate surface area is 110 Å². The van der Waals surface area contributed by atoms with E-state index in [2.05, 4.69) is 11.1 Å². The Balaban J connectivity index is 2.13. The van der Waals surface area contributed by atoms with Gasteiger partial charge in [-0.3, -0.25) is 0 Å². The number of thioether (sulfide) groups is 1. The number of benzene rings is 1. The average Bonchev–Trinajstić information content (AvgIpc) is 2.37. The van der Waals surface area contributed by atoms with E-state index in [0.717, 1.165) is 10.5 Å². The molecule has 1 aromatic heterocycles. The molecule has 0 aliphatic heterocycles. The smallest absolute Gasteiger partial charge is 0.354 e. The van der Waals surface area contributed by atoms with Gasteiger partial charge in [-0.25, -0.2) is 9.78 Å². The van der Waals surface area contributed by atoms with Gasteiger partial charge in [-0.1, -0.05) is 23.8 Å². The largest absolute Gasteiger partial charge is 0.477 e. The van der Waals surface area contributed by atoms with Crippen LogP contribution < -0.4 is 0 Å². The molecule has 0 fully saturated rings. The fourth-order valence-corrected chi connectivity index (χ4v) is 2.61. The maximum absolute atomic E-state index is 11.0. The van der Waals surface area contributed by atoms with Crippen LogP contribution in [0.5, 0.6) is 0 Å². The molecule has 4 heteroatoms. The first kappa shape index (κ1) is 12.6. The molecule has 0 bridgehead atoms. The SMILES string of the molecule is Cc1cccc(SCc2cccnc2C(=O)O)c1. The molecule has 0 saturated carbocycles. The van der Waals surface area contributed by atoms with Gasteiger partial charge < -0.3 is 5.11 Å². The van der Waals surface area contributed by atoms with E-state index in [1.807, 2.05) is 25.1 Å². The molecule has 2 rings (SSSR count). The number of carboxylic acid groups (broad SMARTS) is 1. The Hall–Kier alpha value is -1.81. The molecule has 1 N–H and O–H groups in total. The molecule has 3 nitrogen and oxygen atoms in total. The van der Waals surface area contributed by atoms with Crippen LogP contribution in [0.25, 0.3) is 0 Å². The zero-order chi connectivity index (χ0) is 13.0. The number of hydrogen-bond donors (Lipinski definition) is 1. The van der Waals surface area contributed by atoms with E-state index in [0.29, 0.717) is 5.75 Å². The molecular weight excluding hydrogens is 246 g/mol. The molecule has 92 valence electrons. The second-order valence-electron chi connectivity index (χ2n) is 3.92. The van der Waals surface area contributed by atoms with Crippen LogP contribution in [0.4, 0.5) is 0 Å². The fourth-order valence-electron chi connectivity index (χ4n) is 1.61. The summed E-state index contributed by atoms with van der Waals surface area (Å²) in [5.41, 5.74) is 2.08. The van der Waals surface area contributed by atoms with Crippen LogP contribution in [-0.2, 0) is 5.75 Å². The predicted octanol–water partition coefficient (Wildman–Crippen LogP) is 3.38. The number of aromatic nitrogens is 1. The van der Waals surface area contributed by atoms with E-state index in [1.165, 1.54) is 11.8 Å². The van der Waals surface area contributed by atoms with Crippen molar-refractivity contribution in [2.24, 2.45) is 0 Å². The summed E-state index contributed by atoms with van der Waals surface area (Å²) in [6.07, 6.45) is 1.50. The number of pyridine rings is 1. The second kappa shape index (κ2) is 5.69. The van der Waals surface area contributed by atoms with Gasteiger partial charge in [0.1, 0.15) is 0 Å². The molecular formula is C14H13NO2S. The highest BCUT2D eigenvalue weighted by Gasteiger charge is 2.10. The van der Waals surface area contributed by atoms with E-state index in [9.17, 15) is 4.79 Å². The van der Waals surface area contributed by atoms with Crippen molar-refractivity contribution in [1.29, 1.82) is 0 Å². The summed E-state index contributed by atoms with van der Waals surface area (Å²) in [5, 5.41) is 9.04. The molecule has 0 amide bonds. The zero-order valence-electron chi connectivity index (χ0n) is 9.96. The van der Waals surface area contributed by atoms with Gasteiger partial charge in [0.2, 0.25) is 0 Å². The summed E-state index contributed by atoms with van der Waals surface area (Å²) >= 11 is 1.62. The normalized spacial score (nSPS) is 10.3. The maximum Gasteiger partial charge on any atom is 0.354 e. The first-order chi connectivity index (χ1) is 8.66. The summed E-state index contributed by atoms with van der Waals surface area (Å²) in [6.45, 7) is 2.04. The van der Waals surface area contributed by atoms with E-state index >= 15 is 0 Å². The molecule has 0 aliphatic rings. The van der Waals surface area contributed by atoms with Crippen molar-refractivity contribution in [3.63, 3.8) is 0 Å². The third-order valence-electron chi connectivity index (χ3n) is 2.48. The van der Waals surface area contributed by atoms with E-state index in [-0.39, 0.29) is 5.69 Å². The number of rotatable bonds is 4. The lowest BCUT2D eigenvalue weighted by atomic mass is 10.2. The topological polar surface area (TPSA) is 50.2 Å². The molecule has 1 aromatic carbocycles. The van der Waals surface area contributed by atoms with Crippen LogP contribution in [0.15, 0.2) is 47.5 Å². The summed E-state index contributed by atoms with van der Waals surface area (Å²) in [5.74, 6) is -0.366. The molecule has 2 aromatic rings. The van der Waals surface area contributed by atoms with Crippen LogP contribution >= 0.6 is 11.8 Å². The van der Waals surface area contributed by atoms with Gasteiger partial charge in [-0.15, -0.1) is 11.8 Å². The lowest BCUT2D eigenvalue weighted by Gasteiger charge is -2.05. The Morgan fingerprint density at radius 1 is 1.33 bits per heavy atom. The number of carboxylic acids is 1. The van der Waals surface area contributed by atoms with E-state index in [4.69, 9.17) is 5.11 Å². The highest BCUT2D eigenvalue weighted by atomic mass is 32.2. The lowest BCUT2D eigenvalue weighted by Crippen LogP contribution is -2.04. The van der Waals surface area contributed by atoms with Crippen molar-refractivity contribution in [3.8, 4) is 0 Å². The highest BCUT2D eigenvalue weighted by molar-refractivity contribution is 7.98. The molecule has 1 heterocycles. The van der Waals surface area contributed by atoms with Crippen molar-refractivity contribution in [2.75, 3.05) is 0 Å². The molecule has 0 radical (unpaired) electrons. The van der Waals surface area contributed by atoms with Crippen molar-refractivity contribution >= 4 is 17.7 Å². The first-order valence-electron chi connectivity index (χ1n) is 5.53. The minimum atomic E-state index is -0.976. The van der Waals surface area contributed by atoms with Crippen LogP contribution in [0.3, 0.4) is 0 Å². The van der Waals surface area contributed by atoms with Crippen molar-refractivity contribution in [3.05, 3.63) is 59.4 Å². The predicted molar refractivity (Wildman–Crippen MR) is 71.9 cm³/mol. The number of aryl methyl sites for hydroxylation is 1. The van der Waals surface area contributed by atoms with Gasteiger partial charge in [0.05, 0.1) is 0 Å². The van der Waals surface area contributed by atoms with Crippen LogP contribution in [0, 0.1) is 6.92 Å². The van der Waals surface area contributed by atoms with Crippen LogP contribution in [0.1, 0.15) is 21.6 Å². The number of carbonyl (C=O) groups is 1. The summed E-state index contributed by atoms with van der Waals surface area (Å²) in [4.78, 5) is 16.0. The number of nitrogens with zero attached hydrogens (tertiary/aromatic N) is 1. The molecule has 0 spiro atoms. The van der Waals surface area contributed by atoms with Gasteiger partial charge >= 0.3 is 5.97 Å². The quantitative estimate of drug-likeness (QED) is 0.855. The Kier molecular flexibility index (Phi) is 3.99. The number of aromatic carboxylic acids is 1. The van der Waals surface area contributed by atoms with Crippen LogP contribution in [-0.4, -0.2) is 16.1 Å². The van der Waals surface area contributed by atoms with Gasteiger partial charge in [-0.05, 0) is 30.7 Å². The van der Waals surface area contributed by atoms with E-state index in [1.54, 1.807) is 23.9 Å².